The average Bonchev–Trinajstić information content (AvgIpc) is 3.01. The van der Waals surface area contributed by atoms with Gasteiger partial charge in [0.1, 0.15) is 11.4 Å². The van der Waals surface area contributed by atoms with Crippen molar-refractivity contribution in [3.05, 3.63) is 54.0 Å². The zero-order chi connectivity index (χ0) is 19.8. The van der Waals surface area contributed by atoms with Gasteiger partial charge in [0, 0.05) is 23.5 Å². The number of ether oxygens (including phenoxy) is 1. The molecule has 0 unspecified atom stereocenters. The van der Waals surface area contributed by atoms with Crippen molar-refractivity contribution in [2.45, 2.75) is 19.0 Å². The molecule has 2 aromatic heterocycles. The lowest BCUT2D eigenvalue weighted by molar-refractivity contribution is -0.153. The van der Waals surface area contributed by atoms with Gasteiger partial charge >= 0.3 is 12.4 Å². The van der Waals surface area contributed by atoms with Crippen LogP contribution in [0.1, 0.15) is 11.3 Å². The number of aliphatic hydroxyl groups excluding tert-OH is 1. The minimum atomic E-state index is -4.69. The molecule has 0 saturated heterocycles. The molecule has 1 aromatic carbocycles. The van der Waals surface area contributed by atoms with Crippen molar-refractivity contribution in [3.63, 3.8) is 0 Å². The normalized spacial score (nSPS) is 12.6. The number of hydrogen-bond acceptors (Lipinski definition) is 3. The molecule has 0 aliphatic rings. The van der Waals surface area contributed by atoms with Crippen LogP contribution in [-0.2, 0) is 12.8 Å². The van der Waals surface area contributed by atoms with Crippen LogP contribution in [0.5, 0.6) is 5.75 Å². The number of imidazole rings is 1. The van der Waals surface area contributed by atoms with Crippen LogP contribution in [0.4, 0.5) is 26.3 Å². The predicted molar refractivity (Wildman–Crippen MR) is 83.1 cm³/mol. The van der Waals surface area contributed by atoms with Crippen molar-refractivity contribution < 1.29 is 36.2 Å². The van der Waals surface area contributed by atoms with E-state index in [1.54, 1.807) is 0 Å². The van der Waals surface area contributed by atoms with E-state index in [1.165, 1.54) is 30.5 Å². The topological polar surface area (TPSA) is 46.8 Å². The number of alkyl halides is 6. The first kappa shape index (κ1) is 19.0. The van der Waals surface area contributed by atoms with E-state index in [2.05, 4.69) is 4.98 Å². The van der Waals surface area contributed by atoms with E-state index < -0.39 is 31.1 Å². The molecule has 3 aromatic rings. The summed E-state index contributed by atoms with van der Waals surface area (Å²) >= 11 is 0. The maximum Gasteiger partial charge on any atom is 0.422 e. The molecule has 1 N–H and O–H groups in total. The van der Waals surface area contributed by atoms with Crippen molar-refractivity contribution in [2.75, 3.05) is 6.61 Å². The van der Waals surface area contributed by atoms with Gasteiger partial charge in [-0.2, -0.15) is 26.3 Å². The summed E-state index contributed by atoms with van der Waals surface area (Å²) in [6.07, 6.45) is -7.28. The summed E-state index contributed by atoms with van der Waals surface area (Å²) in [7, 11) is 0. The van der Waals surface area contributed by atoms with Crippen molar-refractivity contribution in [2.24, 2.45) is 0 Å². The number of aromatic nitrogens is 2. The Balaban J connectivity index is 2.20. The van der Waals surface area contributed by atoms with E-state index in [9.17, 15) is 31.4 Å². The van der Waals surface area contributed by atoms with E-state index in [0.717, 1.165) is 16.7 Å². The Bertz CT molecular complexity index is 962. The van der Waals surface area contributed by atoms with Crippen molar-refractivity contribution >= 4 is 5.65 Å². The van der Waals surface area contributed by atoms with E-state index in [4.69, 9.17) is 4.74 Å². The Labute approximate surface area is 148 Å². The number of nitrogens with zero attached hydrogens (tertiary/aromatic N) is 2. The molecule has 144 valence electrons. The minimum Gasteiger partial charge on any atom is -0.483 e. The lowest BCUT2D eigenvalue weighted by atomic mass is 10.0. The van der Waals surface area contributed by atoms with E-state index >= 15 is 0 Å². The molecule has 0 fully saturated rings. The Morgan fingerprint density at radius 1 is 1.00 bits per heavy atom. The quantitative estimate of drug-likeness (QED) is 0.670. The fourth-order valence-corrected chi connectivity index (χ4v) is 2.55. The molecule has 0 atom stereocenters. The summed E-state index contributed by atoms with van der Waals surface area (Å²) in [4.78, 5) is 4.05. The molecule has 2 heterocycles. The van der Waals surface area contributed by atoms with Crippen molar-refractivity contribution in [3.8, 4) is 16.9 Å². The fourth-order valence-electron chi connectivity index (χ4n) is 2.55. The molecule has 0 saturated carbocycles. The third kappa shape index (κ3) is 4.16. The summed E-state index contributed by atoms with van der Waals surface area (Å²) in [5, 5.41) is 9.21. The zero-order valence-corrected chi connectivity index (χ0v) is 13.5. The summed E-state index contributed by atoms with van der Waals surface area (Å²) in [5.74, 6) is -0.232. The molecule has 10 heteroatoms. The van der Waals surface area contributed by atoms with Crippen LogP contribution >= 0.6 is 0 Å². The number of pyridine rings is 1. The van der Waals surface area contributed by atoms with Crippen LogP contribution in [0.3, 0.4) is 0 Å². The second-order valence-corrected chi connectivity index (χ2v) is 5.66. The number of hydrogen-bond donors (Lipinski definition) is 1. The molecule has 0 spiro atoms. The third-order valence-corrected chi connectivity index (χ3v) is 3.66. The summed E-state index contributed by atoms with van der Waals surface area (Å²) < 4.78 is 83.0. The maximum atomic E-state index is 13.2. The number of aliphatic hydroxyl groups is 1. The fraction of sp³-hybridized carbons (Fsp3) is 0.235. The van der Waals surface area contributed by atoms with Gasteiger partial charge < -0.3 is 14.2 Å². The molecule has 0 aliphatic carbocycles. The Morgan fingerprint density at radius 3 is 2.33 bits per heavy atom. The van der Waals surface area contributed by atoms with Gasteiger partial charge in [0.25, 0.3) is 0 Å². The summed E-state index contributed by atoms with van der Waals surface area (Å²) in [6.45, 7) is -2.09. The molecule has 0 amide bonds. The van der Waals surface area contributed by atoms with Gasteiger partial charge in [-0.25, -0.2) is 4.98 Å². The highest BCUT2D eigenvalue weighted by Crippen LogP contribution is 2.38. The highest BCUT2D eigenvalue weighted by atomic mass is 19.4. The molecule has 27 heavy (non-hydrogen) atoms. The van der Waals surface area contributed by atoms with Gasteiger partial charge in [0.15, 0.2) is 6.61 Å². The number of para-hydroxylation sites is 1. The smallest absolute Gasteiger partial charge is 0.422 e. The standard InChI is InChI=1S/C17H12F6N2O2/c18-16(19,20)9-27-14-4-2-1-3-12(14)13-5-10(17(21,22)23)6-25-7-11(8-26)24-15(13)25/h1-7,26H,8-9H2. The second-order valence-electron chi connectivity index (χ2n) is 5.66. The highest BCUT2D eigenvalue weighted by Gasteiger charge is 2.33. The maximum absolute atomic E-state index is 13.2. The molecular weight excluding hydrogens is 378 g/mol. The van der Waals surface area contributed by atoms with Crippen LogP contribution in [0.15, 0.2) is 42.7 Å². The van der Waals surface area contributed by atoms with Gasteiger partial charge in [-0.05, 0) is 12.1 Å². The Hall–Kier alpha value is -2.75. The first-order valence-electron chi connectivity index (χ1n) is 7.57. The monoisotopic (exact) mass is 390 g/mol. The lowest BCUT2D eigenvalue weighted by Gasteiger charge is -2.15. The van der Waals surface area contributed by atoms with Crippen molar-refractivity contribution in [1.29, 1.82) is 0 Å². The summed E-state index contributed by atoms with van der Waals surface area (Å²) in [5.41, 5.74) is -0.896. The lowest BCUT2D eigenvalue weighted by Crippen LogP contribution is -2.19. The van der Waals surface area contributed by atoms with Gasteiger partial charge in [-0.3, -0.25) is 0 Å². The first-order chi connectivity index (χ1) is 12.6. The van der Waals surface area contributed by atoms with Gasteiger partial charge in [0.2, 0.25) is 0 Å². The SMILES string of the molecule is OCc1cn2cc(C(F)(F)F)cc(-c3ccccc3OCC(F)(F)F)c2n1. The molecule has 0 bridgehead atoms. The molecule has 0 radical (unpaired) electrons. The van der Waals surface area contributed by atoms with Gasteiger partial charge in [0.05, 0.1) is 17.9 Å². The Kier molecular flexibility index (Phi) is 4.77. The Morgan fingerprint density at radius 2 is 1.70 bits per heavy atom. The molecule has 4 nitrogen and oxygen atoms in total. The number of benzene rings is 1. The second kappa shape index (κ2) is 6.76. The van der Waals surface area contributed by atoms with E-state index in [0.29, 0.717) is 0 Å². The van der Waals surface area contributed by atoms with Crippen LogP contribution < -0.4 is 4.74 Å². The van der Waals surface area contributed by atoms with Crippen LogP contribution in [0, 0.1) is 0 Å². The number of fused-ring (bicyclic) bond motifs is 1. The average molecular weight is 390 g/mol. The largest absolute Gasteiger partial charge is 0.483 e. The number of rotatable bonds is 4. The molecular formula is C17H12F6N2O2. The third-order valence-electron chi connectivity index (χ3n) is 3.66. The van der Waals surface area contributed by atoms with Gasteiger partial charge in [-0.1, -0.05) is 18.2 Å². The first-order valence-corrected chi connectivity index (χ1v) is 7.57. The minimum absolute atomic E-state index is 0.0212. The van der Waals surface area contributed by atoms with Crippen LogP contribution in [0.2, 0.25) is 0 Å². The zero-order valence-electron chi connectivity index (χ0n) is 13.5. The molecule has 0 aliphatic heterocycles. The predicted octanol–water partition coefficient (Wildman–Crippen LogP) is 4.45. The highest BCUT2D eigenvalue weighted by molar-refractivity contribution is 5.82. The van der Waals surface area contributed by atoms with Crippen LogP contribution in [0.25, 0.3) is 16.8 Å². The van der Waals surface area contributed by atoms with E-state index in [-0.39, 0.29) is 28.2 Å². The summed E-state index contributed by atoms with van der Waals surface area (Å²) in [6, 6.07) is 6.23. The van der Waals surface area contributed by atoms with E-state index in [1.807, 2.05) is 0 Å². The van der Waals surface area contributed by atoms with Gasteiger partial charge in [-0.15, -0.1) is 0 Å². The molecule has 3 rings (SSSR count). The van der Waals surface area contributed by atoms with Crippen molar-refractivity contribution in [1.82, 2.24) is 9.38 Å². The van der Waals surface area contributed by atoms with Crippen LogP contribution in [-0.4, -0.2) is 27.3 Å². The number of halogens is 6.